The molecule has 0 heterocycles. The summed E-state index contributed by atoms with van der Waals surface area (Å²) >= 11 is 0. The van der Waals surface area contributed by atoms with E-state index in [2.05, 4.69) is 0 Å². The van der Waals surface area contributed by atoms with Gasteiger partial charge >= 0.3 is 11.9 Å². The summed E-state index contributed by atoms with van der Waals surface area (Å²) in [6.07, 6.45) is 7.56. The first-order chi connectivity index (χ1) is 16.1. The Morgan fingerprint density at radius 2 is 1.86 bits per heavy atom. The van der Waals surface area contributed by atoms with Gasteiger partial charge in [0.15, 0.2) is 5.78 Å². The number of rotatable bonds is 4. The third-order valence-electron chi connectivity index (χ3n) is 9.62. The van der Waals surface area contributed by atoms with E-state index in [0.29, 0.717) is 38.5 Å². The summed E-state index contributed by atoms with van der Waals surface area (Å²) in [6.45, 7) is 10.8. The van der Waals surface area contributed by atoms with E-state index in [1.54, 1.807) is 18.2 Å². The summed E-state index contributed by atoms with van der Waals surface area (Å²) in [4.78, 5) is 36.6. The minimum atomic E-state index is -1.57. The van der Waals surface area contributed by atoms with Crippen molar-refractivity contribution in [2.75, 3.05) is 6.61 Å². The molecule has 0 radical (unpaired) electrons. The molecular formula is C28H40O7. The third-order valence-corrected chi connectivity index (χ3v) is 9.62. The first kappa shape index (κ1) is 26.1. The van der Waals surface area contributed by atoms with Crippen LogP contribution in [0.3, 0.4) is 0 Å². The van der Waals surface area contributed by atoms with Gasteiger partial charge in [-0.2, -0.15) is 0 Å². The van der Waals surface area contributed by atoms with Crippen molar-refractivity contribution < 1.29 is 34.1 Å². The Morgan fingerprint density at radius 3 is 2.49 bits per heavy atom. The summed E-state index contributed by atoms with van der Waals surface area (Å²) in [5.41, 5.74) is -4.31. The third kappa shape index (κ3) is 3.72. The van der Waals surface area contributed by atoms with Gasteiger partial charge in [0.1, 0.15) is 23.9 Å². The van der Waals surface area contributed by atoms with Gasteiger partial charge < -0.3 is 19.7 Å². The topological polar surface area (TPSA) is 110 Å². The first-order valence-corrected chi connectivity index (χ1v) is 12.8. The number of ketones is 1. The summed E-state index contributed by atoms with van der Waals surface area (Å²) < 4.78 is 11.4. The van der Waals surface area contributed by atoms with Gasteiger partial charge in [-0.3, -0.25) is 14.4 Å². The van der Waals surface area contributed by atoms with Crippen molar-refractivity contribution >= 4 is 17.7 Å². The summed E-state index contributed by atoms with van der Waals surface area (Å²) in [7, 11) is 0. The normalized spacial score (nSPS) is 41.3. The Balaban J connectivity index is 1.72. The average molecular weight is 489 g/mol. The van der Waals surface area contributed by atoms with Crippen molar-refractivity contribution in [1.82, 2.24) is 0 Å². The van der Waals surface area contributed by atoms with Crippen LogP contribution in [-0.2, 0) is 23.9 Å². The maximum atomic E-state index is 12.6. The van der Waals surface area contributed by atoms with Crippen molar-refractivity contribution in [3.05, 3.63) is 23.8 Å². The molecule has 2 saturated carbocycles. The van der Waals surface area contributed by atoms with E-state index in [-0.39, 0.29) is 24.3 Å². The number of fused-ring (bicyclic) bond motifs is 5. The van der Waals surface area contributed by atoms with Crippen LogP contribution in [0.2, 0.25) is 0 Å². The smallest absolute Gasteiger partial charge is 0.311 e. The zero-order chi connectivity index (χ0) is 26.0. The van der Waals surface area contributed by atoms with Crippen LogP contribution in [0.1, 0.15) is 80.1 Å². The molecule has 0 saturated heterocycles. The van der Waals surface area contributed by atoms with E-state index in [4.69, 9.17) is 9.47 Å². The molecule has 194 valence electrons. The Bertz CT molecular complexity index is 990. The predicted octanol–water partition coefficient (Wildman–Crippen LogP) is 3.66. The second kappa shape index (κ2) is 8.27. The van der Waals surface area contributed by atoms with E-state index in [0.717, 1.165) is 5.57 Å². The molecule has 1 unspecified atom stereocenters. The van der Waals surface area contributed by atoms with Crippen molar-refractivity contribution in [2.45, 2.75) is 97.4 Å². The fourth-order valence-corrected chi connectivity index (χ4v) is 7.58. The van der Waals surface area contributed by atoms with Gasteiger partial charge in [0.2, 0.25) is 0 Å². The van der Waals surface area contributed by atoms with E-state index >= 15 is 0 Å². The highest BCUT2D eigenvalue weighted by molar-refractivity contribution is 5.92. The summed E-state index contributed by atoms with van der Waals surface area (Å²) in [5, 5.41) is 24.7. The number of hydrogen-bond acceptors (Lipinski definition) is 7. The zero-order valence-corrected chi connectivity index (χ0v) is 21.8. The van der Waals surface area contributed by atoms with E-state index < -0.39 is 45.4 Å². The minimum absolute atomic E-state index is 0.0170. The molecule has 7 heteroatoms. The average Bonchev–Trinajstić information content (AvgIpc) is 3.04. The SMILES string of the molecule is CC(=O)OC[C@]12CCC(=O)C=C1C=C[C@]1(O)[C@@H]2CC[C@]2(C)[C@@H](C(C)OC(=O)C(C)(C)C)CC[C@@]12O. The van der Waals surface area contributed by atoms with E-state index in [1.807, 2.05) is 34.6 Å². The minimum Gasteiger partial charge on any atom is -0.465 e. The number of aliphatic hydroxyl groups is 2. The zero-order valence-electron chi connectivity index (χ0n) is 21.8. The number of carbonyl (C=O) groups is 3. The van der Waals surface area contributed by atoms with Crippen molar-refractivity contribution in [1.29, 1.82) is 0 Å². The Hall–Kier alpha value is -1.99. The monoisotopic (exact) mass is 488 g/mol. The van der Waals surface area contributed by atoms with Crippen LogP contribution < -0.4 is 0 Å². The van der Waals surface area contributed by atoms with Crippen LogP contribution in [0.5, 0.6) is 0 Å². The molecule has 4 aliphatic carbocycles. The molecule has 4 aliphatic rings. The standard InChI is InChI=1S/C28H40O7/c1-17(35-23(31)24(3,4)5)21-9-14-28(33)25(21,6)11-10-22-26(16-34-18(2)29)12-8-20(30)15-19(26)7-13-27(22,28)32/h7,13,15,17,21-22,32-33H,8-12,14,16H2,1-6H3/t17?,21-,22-,25-,26-,27+,28+/m1/s1. The number of hydrogen-bond donors (Lipinski definition) is 2. The van der Waals surface area contributed by atoms with Crippen LogP contribution in [0.4, 0.5) is 0 Å². The van der Waals surface area contributed by atoms with Gasteiger partial charge in [-0.05, 0) is 77.5 Å². The van der Waals surface area contributed by atoms with Crippen LogP contribution in [-0.4, -0.2) is 51.8 Å². The molecule has 0 amide bonds. The molecule has 7 nitrogen and oxygen atoms in total. The van der Waals surface area contributed by atoms with Gasteiger partial charge in [0.25, 0.3) is 0 Å². The number of carbonyl (C=O) groups excluding carboxylic acids is 3. The Labute approximate surface area is 207 Å². The van der Waals surface area contributed by atoms with Crippen molar-refractivity contribution in [2.24, 2.45) is 28.1 Å². The molecule has 0 spiro atoms. The molecule has 0 bridgehead atoms. The molecule has 2 fully saturated rings. The molecule has 7 atom stereocenters. The van der Waals surface area contributed by atoms with Crippen LogP contribution in [0.25, 0.3) is 0 Å². The lowest BCUT2D eigenvalue weighted by Gasteiger charge is -2.64. The summed E-state index contributed by atoms with van der Waals surface area (Å²) in [5.74, 6) is -1.21. The second-order valence-corrected chi connectivity index (χ2v) is 12.5. The van der Waals surface area contributed by atoms with Gasteiger partial charge in [-0.15, -0.1) is 0 Å². The van der Waals surface area contributed by atoms with Gasteiger partial charge in [0, 0.05) is 36.0 Å². The highest BCUT2D eigenvalue weighted by Crippen LogP contribution is 2.69. The first-order valence-electron chi connectivity index (χ1n) is 12.8. The molecule has 0 aromatic heterocycles. The summed E-state index contributed by atoms with van der Waals surface area (Å²) in [6, 6.07) is 0. The Kier molecular flexibility index (Phi) is 6.16. The quantitative estimate of drug-likeness (QED) is 0.581. The van der Waals surface area contributed by atoms with Gasteiger partial charge in [-0.25, -0.2) is 0 Å². The van der Waals surface area contributed by atoms with Gasteiger partial charge in [-0.1, -0.05) is 13.0 Å². The van der Waals surface area contributed by atoms with Crippen LogP contribution in [0.15, 0.2) is 23.8 Å². The molecule has 0 aromatic carbocycles. The molecular weight excluding hydrogens is 448 g/mol. The van der Waals surface area contributed by atoms with Crippen LogP contribution in [0, 0.1) is 28.1 Å². The van der Waals surface area contributed by atoms with Gasteiger partial charge in [0.05, 0.1) is 5.41 Å². The number of ether oxygens (including phenoxy) is 2. The second-order valence-electron chi connectivity index (χ2n) is 12.5. The Morgan fingerprint density at radius 1 is 1.17 bits per heavy atom. The molecule has 2 N–H and O–H groups in total. The maximum absolute atomic E-state index is 12.6. The highest BCUT2D eigenvalue weighted by atomic mass is 16.5. The fourth-order valence-electron chi connectivity index (χ4n) is 7.58. The molecule has 35 heavy (non-hydrogen) atoms. The lowest BCUT2D eigenvalue weighted by molar-refractivity contribution is -0.257. The van der Waals surface area contributed by atoms with E-state index in [9.17, 15) is 24.6 Å². The van der Waals surface area contributed by atoms with Crippen molar-refractivity contribution in [3.63, 3.8) is 0 Å². The van der Waals surface area contributed by atoms with E-state index in [1.165, 1.54) is 6.92 Å². The fraction of sp³-hybridized carbons (Fsp3) is 0.750. The molecule has 0 aromatic rings. The molecule has 0 aliphatic heterocycles. The highest BCUT2D eigenvalue weighted by Gasteiger charge is 2.73. The number of esters is 2. The largest absolute Gasteiger partial charge is 0.465 e. The lowest BCUT2D eigenvalue weighted by Crippen LogP contribution is -2.71. The van der Waals surface area contributed by atoms with Crippen LogP contribution >= 0.6 is 0 Å². The van der Waals surface area contributed by atoms with Crippen molar-refractivity contribution in [3.8, 4) is 0 Å². The predicted molar refractivity (Wildman–Crippen MR) is 129 cm³/mol. The number of allylic oxidation sites excluding steroid dienone is 2. The maximum Gasteiger partial charge on any atom is 0.311 e. The lowest BCUT2D eigenvalue weighted by atomic mass is 9.44. The molecule has 4 rings (SSSR count).